The third-order valence-corrected chi connectivity index (χ3v) is 4.94. The van der Waals surface area contributed by atoms with Crippen LogP contribution in [0.4, 0.5) is 5.69 Å². The van der Waals surface area contributed by atoms with E-state index < -0.39 is 0 Å². The molecule has 0 saturated carbocycles. The molecule has 3 N–H and O–H groups in total. The van der Waals surface area contributed by atoms with Crippen molar-refractivity contribution in [3.63, 3.8) is 0 Å². The van der Waals surface area contributed by atoms with Gasteiger partial charge in [0.15, 0.2) is 5.82 Å². The lowest BCUT2D eigenvalue weighted by Gasteiger charge is -2.06. The van der Waals surface area contributed by atoms with Crippen molar-refractivity contribution >= 4 is 35.0 Å². The largest absolute Gasteiger partial charge is 0.335 e. The van der Waals surface area contributed by atoms with Crippen LogP contribution in [0.2, 0.25) is 5.02 Å². The molecule has 6 nitrogen and oxygen atoms in total. The van der Waals surface area contributed by atoms with E-state index in [1.165, 1.54) is 22.0 Å². The van der Waals surface area contributed by atoms with Crippen molar-refractivity contribution in [3.8, 4) is 11.4 Å². The molecule has 1 heterocycles. The Morgan fingerprint density at radius 3 is 2.50 bits per heavy atom. The number of aromatic nitrogens is 3. The summed E-state index contributed by atoms with van der Waals surface area (Å²) in [7, 11) is 0. The third kappa shape index (κ3) is 4.36. The molecule has 0 bridgehead atoms. The summed E-state index contributed by atoms with van der Waals surface area (Å²) in [6, 6.07) is 14.9. The molecule has 8 heteroatoms. The van der Waals surface area contributed by atoms with E-state index >= 15 is 0 Å². The summed E-state index contributed by atoms with van der Waals surface area (Å²) in [6.07, 6.45) is 0.964. The first-order valence-electron chi connectivity index (χ1n) is 8.05. The summed E-state index contributed by atoms with van der Waals surface area (Å²) >= 11 is 7.12. The first-order chi connectivity index (χ1) is 12.6. The van der Waals surface area contributed by atoms with E-state index in [1.807, 2.05) is 36.4 Å². The highest BCUT2D eigenvalue weighted by molar-refractivity contribution is 7.99. The van der Waals surface area contributed by atoms with E-state index in [0.717, 1.165) is 17.7 Å². The molecule has 134 valence electrons. The second-order valence-corrected chi connectivity index (χ2v) is 6.95. The summed E-state index contributed by atoms with van der Waals surface area (Å²) in [5.41, 5.74) is 2.80. The Kier molecular flexibility index (Phi) is 5.80. The first-order valence-corrected chi connectivity index (χ1v) is 9.41. The Balaban J connectivity index is 1.60. The summed E-state index contributed by atoms with van der Waals surface area (Å²) in [4.78, 5) is 12.1. The van der Waals surface area contributed by atoms with Gasteiger partial charge in [-0.3, -0.25) is 4.79 Å². The van der Waals surface area contributed by atoms with Gasteiger partial charge >= 0.3 is 0 Å². The third-order valence-electron chi connectivity index (χ3n) is 3.75. The molecule has 0 aliphatic rings. The fraction of sp³-hybridized carbons (Fsp3) is 0.167. The van der Waals surface area contributed by atoms with Crippen LogP contribution in [0.3, 0.4) is 0 Å². The molecule has 0 spiro atoms. The van der Waals surface area contributed by atoms with Gasteiger partial charge in [0.2, 0.25) is 11.1 Å². The van der Waals surface area contributed by atoms with Crippen molar-refractivity contribution in [1.29, 1.82) is 0 Å². The number of aryl methyl sites for hydroxylation is 1. The van der Waals surface area contributed by atoms with Crippen LogP contribution in [0.15, 0.2) is 53.7 Å². The van der Waals surface area contributed by atoms with Gasteiger partial charge in [0.1, 0.15) is 0 Å². The number of hydrogen-bond donors (Lipinski definition) is 2. The van der Waals surface area contributed by atoms with Crippen molar-refractivity contribution in [3.05, 3.63) is 59.1 Å². The Hall–Kier alpha value is -2.51. The van der Waals surface area contributed by atoms with Gasteiger partial charge < -0.3 is 11.2 Å². The number of carbonyl (C=O) groups excluding carboxylic acids is 1. The van der Waals surface area contributed by atoms with Crippen molar-refractivity contribution in [2.75, 3.05) is 16.9 Å². The van der Waals surface area contributed by atoms with Crippen LogP contribution < -0.4 is 11.2 Å². The van der Waals surface area contributed by atoms with Crippen LogP contribution in [0, 0.1) is 0 Å². The van der Waals surface area contributed by atoms with Crippen LogP contribution >= 0.6 is 23.4 Å². The van der Waals surface area contributed by atoms with Gasteiger partial charge in [0.25, 0.3) is 0 Å². The van der Waals surface area contributed by atoms with Gasteiger partial charge in [0, 0.05) is 16.3 Å². The fourth-order valence-electron chi connectivity index (χ4n) is 2.32. The number of nitrogens with two attached hydrogens (primary N) is 1. The highest BCUT2D eigenvalue weighted by Gasteiger charge is 2.14. The molecule has 0 aliphatic carbocycles. The number of halogens is 1. The van der Waals surface area contributed by atoms with Gasteiger partial charge in [-0.15, -0.1) is 10.2 Å². The lowest BCUT2D eigenvalue weighted by molar-refractivity contribution is -0.113. The molecule has 26 heavy (non-hydrogen) atoms. The lowest BCUT2D eigenvalue weighted by atomic mass is 10.1. The number of rotatable bonds is 6. The van der Waals surface area contributed by atoms with Gasteiger partial charge in [-0.25, -0.2) is 4.68 Å². The average Bonchev–Trinajstić information content (AvgIpc) is 3.02. The molecule has 0 atom stereocenters. The summed E-state index contributed by atoms with van der Waals surface area (Å²) in [5.74, 6) is 6.62. The quantitative estimate of drug-likeness (QED) is 0.498. The second-order valence-electron chi connectivity index (χ2n) is 5.57. The molecule has 3 rings (SSSR count). The standard InChI is InChI=1S/C18H18ClN5OS/c1-2-12-3-9-15(10-4-12)21-16(25)11-26-18-23-22-17(24(18)20)13-5-7-14(19)8-6-13/h3-10H,2,11,20H2,1H3,(H,21,25). The highest BCUT2D eigenvalue weighted by atomic mass is 35.5. The minimum atomic E-state index is -0.129. The maximum atomic E-state index is 12.1. The summed E-state index contributed by atoms with van der Waals surface area (Å²) in [6.45, 7) is 2.09. The Bertz CT molecular complexity index is 893. The number of nitrogens with zero attached hydrogens (tertiary/aromatic N) is 3. The molecular weight excluding hydrogens is 370 g/mol. The van der Waals surface area contributed by atoms with E-state index in [9.17, 15) is 4.79 Å². The monoisotopic (exact) mass is 387 g/mol. The van der Waals surface area contributed by atoms with Gasteiger partial charge in [-0.1, -0.05) is 42.4 Å². The van der Waals surface area contributed by atoms with E-state index in [1.54, 1.807) is 12.1 Å². The number of benzene rings is 2. The topological polar surface area (TPSA) is 85.8 Å². The van der Waals surface area contributed by atoms with E-state index in [-0.39, 0.29) is 11.7 Å². The molecule has 0 aliphatic heterocycles. The molecule has 2 aromatic carbocycles. The molecule has 1 amide bonds. The number of hydrogen-bond acceptors (Lipinski definition) is 5. The van der Waals surface area contributed by atoms with E-state index in [2.05, 4.69) is 22.4 Å². The maximum Gasteiger partial charge on any atom is 0.234 e. The molecule has 0 fully saturated rings. The predicted molar refractivity (Wildman–Crippen MR) is 106 cm³/mol. The Morgan fingerprint density at radius 2 is 1.85 bits per heavy atom. The summed E-state index contributed by atoms with van der Waals surface area (Å²) < 4.78 is 1.37. The number of nitrogen functional groups attached to an aromatic ring is 1. The molecule has 0 unspecified atom stereocenters. The normalized spacial score (nSPS) is 10.7. The van der Waals surface area contributed by atoms with Crippen molar-refractivity contribution < 1.29 is 4.79 Å². The number of amides is 1. The number of carbonyl (C=O) groups is 1. The first kappa shape index (κ1) is 18.3. The molecular formula is C18H18ClN5OS. The Morgan fingerprint density at radius 1 is 1.15 bits per heavy atom. The van der Waals surface area contributed by atoms with Crippen molar-refractivity contribution in [2.45, 2.75) is 18.5 Å². The van der Waals surface area contributed by atoms with Gasteiger partial charge in [-0.05, 0) is 48.4 Å². The zero-order valence-corrected chi connectivity index (χ0v) is 15.7. The molecule has 0 radical (unpaired) electrons. The van der Waals surface area contributed by atoms with Gasteiger partial charge in [-0.2, -0.15) is 0 Å². The molecule has 0 saturated heterocycles. The van der Waals surface area contributed by atoms with Crippen LogP contribution in [0.5, 0.6) is 0 Å². The highest BCUT2D eigenvalue weighted by Crippen LogP contribution is 2.23. The lowest BCUT2D eigenvalue weighted by Crippen LogP contribution is -2.16. The molecule has 1 aromatic heterocycles. The predicted octanol–water partition coefficient (Wildman–Crippen LogP) is 3.61. The SMILES string of the molecule is CCc1ccc(NC(=O)CSc2nnc(-c3ccc(Cl)cc3)n2N)cc1. The minimum Gasteiger partial charge on any atom is -0.335 e. The number of anilines is 1. The van der Waals surface area contributed by atoms with E-state index in [0.29, 0.717) is 16.0 Å². The maximum absolute atomic E-state index is 12.1. The molecule has 3 aromatic rings. The average molecular weight is 388 g/mol. The minimum absolute atomic E-state index is 0.129. The second kappa shape index (κ2) is 8.25. The fourth-order valence-corrected chi connectivity index (χ4v) is 3.10. The smallest absolute Gasteiger partial charge is 0.234 e. The zero-order valence-electron chi connectivity index (χ0n) is 14.1. The van der Waals surface area contributed by atoms with Gasteiger partial charge in [0.05, 0.1) is 5.75 Å². The van der Waals surface area contributed by atoms with Crippen molar-refractivity contribution in [2.24, 2.45) is 0 Å². The Labute approximate surface area is 160 Å². The number of nitrogens with one attached hydrogen (secondary N) is 1. The summed E-state index contributed by atoms with van der Waals surface area (Å²) in [5, 5.41) is 12.1. The van der Waals surface area contributed by atoms with Crippen LogP contribution in [-0.2, 0) is 11.2 Å². The van der Waals surface area contributed by atoms with Crippen LogP contribution in [0.25, 0.3) is 11.4 Å². The van der Waals surface area contributed by atoms with Crippen LogP contribution in [-0.4, -0.2) is 26.5 Å². The van der Waals surface area contributed by atoms with Crippen molar-refractivity contribution in [1.82, 2.24) is 14.9 Å². The zero-order chi connectivity index (χ0) is 18.5. The van der Waals surface area contributed by atoms with Crippen LogP contribution in [0.1, 0.15) is 12.5 Å². The van der Waals surface area contributed by atoms with E-state index in [4.69, 9.17) is 17.4 Å². The number of thioether (sulfide) groups is 1.